The number of anilines is 1. The molecular formula is C22H14N2O7S2. The van der Waals surface area contributed by atoms with Gasteiger partial charge in [-0.2, -0.15) is 13.7 Å². The molecule has 0 radical (unpaired) electrons. The van der Waals surface area contributed by atoms with Gasteiger partial charge >= 0.3 is 15.7 Å². The van der Waals surface area contributed by atoms with Crippen molar-refractivity contribution < 1.29 is 25.4 Å². The number of hydrogen-bond acceptors (Lipinski definition) is 8. The number of nitrogens with one attached hydrogen (secondary N) is 1. The van der Waals surface area contributed by atoms with Crippen LogP contribution in [0.5, 0.6) is 5.75 Å². The van der Waals surface area contributed by atoms with Crippen molar-refractivity contribution in [3.63, 3.8) is 0 Å². The van der Waals surface area contributed by atoms with E-state index in [4.69, 9.17) is 13.9 Å². The standard InChI is InChI=1S/C22H14N2O7S2/c23-14-15-6-4-10-18(12-15)32(26,27)24-19-13-16-7-5-11-20(21(16)30-22(19)25)31-33(28,29)17-8-2-1-3-9-17/h1-13,24H. The van der Waals surface area contributed by atoms with Crippen LogP contribution in [0.15, 0.2) is 97.9 Å². The van der Waals surface area contributed by atoms with Crippen molar-refractivity contribution in [2.45, 2.75) is 9.79 Å². The molecule has 1 heterocycles. The van der Waals surface area contributed by atoms with Crippen LogP contribution in [0.25, 0.3) is 11.0 Å². The predicted octanol–water partition coefficient (Wildman–Crippen LogP) is 3.23. The Hall–Kier alpha value is -4.14. The Morgan fingerprint density at radius 3 is 2.27 bits per heavy atom. The summed E-state index contributed by atoms with van der Waals surface area (Å²) in [5.41, 5.74) is -1.50. The highest BCUT2D eigenvalue weighted by molar-refractivity contribution is 7.92. The maximum Gasteiger partial charge on any atom is 0.360 e. The first-order chi connectivity index (χ1) is 15.7. The summed E-state index contributed by atoms with van der Waals surface area (Å²) in [5.74, 6) is -0.232. The molecule has 0 aliphatic rings. The van der Waals surface area contributed by atoms with E-state index in [1.165, 1.54) is 66.7 Å². The van der Waals surface area contributed by atoms with Gasteiger partial charge in [-0.05, 0) is 42.5 Å². The Morgan fingerprint density at radius 2 is 1.55 bits per heavy atom. The number of fused-ring (bicyclic) bond motifs is 1. The normalized spacial score (nSPS) is 11.6. The monoisotopic (exact) mass is 482 g/mol. The maximum absolute atomic E-state index is 12.7. The van der Waals surface area contributed by atoms with Gasteiger partial charge in [-0.25, -0.2) is 13.2 Å². The average molecular weight is 482 g/mol. The third kappa shape index (κ3) is 4.57. The van der Waals surface area contributed by atoms with Crippen LogP contribution in [-0.4, -0.2) is 16.8 Å². The summed E-state index contributed by atoms with van der Waals surface area (Å²) in [6, 6.07) is 20.0. The van der Waals surface area contributed by atoms with E-state index in [1.54, 1.807) is 6.07 Å². The molecular weight excluding hydrogens is 468 g/mol. The predicted molar refractivity (Wildman–Crippen MR) is 119 cm³/mol. The van der Waals surface area contributed by atoms with Crippen molar-refractivity contribution in [1.82, 2.24) is 0 Å². The Kier molecular flexibility index (Phi) is 5.63. The lowest BCUT2D eigenvalue weighted by molar-refractivity contribution is 0.475. The van der Waals surface area contributed by atoms with E-state index in [0.29, 0.717) is 0 Å². The van der Waals surface area contributed by atoms with Crippen molar-refractivity contribution in [3.8, 4) is 11.8 Å². The molecule has 0 fully saturated rings. The van der Waals surface area contributed by atoms with E-state index in [1.807, 2.05) is 6.07 Å². The molecule has 0 bridgehead atoms. The van der Waals surface area contributed by atoms with E-state index >= 15 is 0 Å². The topological polar surface area (TPSA) is 144 Å². The van der Waals surface area contributed by atoms with E-state index in [0.717, 1.165) is 6.07 Å². The van der Waals surface area contributed by atoms with Crippen LogP contribution < -0.4 is 14.5 Å². The third-order valence-corrected chi connectivity index (χ3v) is 7.08. The van der Waals surface area contributed by atoms with Gasteiger partial charge in [0.1, 0.15) is 10.6 Å². The van der Waals surface area contributed by atoms with Crippen LogP contribution >= 0.6 is 0 Å². The van der Waals surface area contributed by atoms with E-state index < -0.39 is 31.5 Å². The second-order valence-corrected chi connectivity index (χ2v) is 9.95. The molecule has 4 aromatic rings. The lowest BCUT2D eigenvalue weighted by Crippen LogP contribution is -2.18. The number of benzene rings is 3. The molecule has 0 atom stereocenters. The Labute approximate surface area is 188 Å². The Bertz CT molecular complexity index is 1670. The summed E-state index contributed by atoms with van der Waals surface area (Å²) < 4.78 is 62.9. The van der Waals surface area contributed by atoms with Gasteiger partial charge < -0.3 is 8.60 Å². The molecule has 166 valence electrons. The largest absolute Gasteiger partial charge is 0.417 e. The molecule has 0 saturated carbocycles. The minimum Gasteiger partial charge on any atom is -0.417 e. The van der Waals surface area contributed by atoms with Crippen LogP contribution in [-0.2, 0) is 20.1 Å². The van der Waals surface area contributed by atoms with Crippen molar-refractivity contribution in [2.75, 3.05) is 4.72 Å². The SMILES string of the molecule is N#Cc1cccc(S(=O)(=O)Nc2cc3cccc(OS(=O)(=O)c4ccccc4)c3oc2=O)c1. The van der Waals surface area contributed by atoms with Crippen molar-refractivity contribution in [3.05, 3.63) is 94.8 Å². The number of para-hydroxylation sites is 1. The zero-order valence-electron chi connectivity index (χ0n) is 16.6. The quantitative estimate of drug-likeness (QED) is 0.326. The van der Waals surface area contributed by atoms with Crippen LogP contribution in [0.3, 0.4) is 0 Å². The lowest BCUT2D eigenvalue weighted by Gasteiger charge is -2.10. The summed E-state index contributed by atoms with van der Waals surface area (Å²) in [7, 11) is -8.40. The van der Waals surface area contributed by atoms with Crippen LogP contribution in [0, 0.1) is 11.3 Å². The Balaban J connectivity index is 1.72. The summed E-state index contributed by atoms with van der Waals surface area (Å²) in [6.45, 7) is 0. The molecule has 0 unspecified atom stereocenters. The van der Waals surface area contributed by atoms with Crippen molar-refractivity contribution in [1.29, 1.82) is 5.26 Å². The number of nitriles is 1. The molecule has 4 rings (SSSR count). The second kappa shape index (κ2) is 8.42. The molecule has 0 spiro atoms. The molecule has 0 saturated heterocycles. The van der Waals surface area contributed by atoms with Crippen LogP contribution in [0.2, 0.25) is 0 Å². The minimum atomic E-state index is -4.20. The van der Waals surface area contributed by atoms with Crippen molar-refractivity contribution >= 4 is 36.8 Å². The smallest absolute Gasteiger partial charge is 0.360 e. The second-order valence-electron chi connectivity index (χ2n) is 6.72. The first kappa shape index (κ1) is 22.1. The first-order valence-electron chi connectivity index (χ1n) is 9.29. The van der Waals surface area contributed by atoms with E-state index in [-0.39, 0.29) is 32.1 Å². The van der Waals surface area contributed by atoms with E-state index in [9.17, 15) is 21.6 Å². The highest BCUT2D eigenvalue weighted by atomic mass is 32.2. The molecule has 0 amide bonds. The molecule has 0 aliphatic carbocycles. The molecule has 1 aromatic heterocycles. The summed E-state index contributed by atoms with van der Waals surface area (Å²) in [4.78, 5) is 12.2. The molecule has 1 N–H and O–H groups in total. The third-order valence-electron chi connectivity index (χ3n) is 4.47. The fourth-order valence-corrected chi connectivity index (χ4v) is 4.99. The number of rotatable bonds is 6. The van der Waals surface area contributed by atoms with Gasteiger partial charge in [0.25, 0.3) is 10.0 Å². The summed E-state index contributed by atoms with van der Waals surface area (Å²) >= 11 is 0. The first-order valence-corrected chi connectivity index (χ1v) is 12.2. The molecule has 11 heteroatoms. The maximum atomic E-state index is 12.7. The van der Waals surface area contributed by atoms with Gasteiger partial charge in [0.05, 0.1) is 16.5 Å². The van der Waals surface area contributed by atoms with Crippen LogP contribution in [0.4, 0.5) is 5.69 Å². The van der Waals surface area contributed by atoms with Crippen molar-refractivity contribution in [2.24, 2.45) is 0 Å². The zero-order chi connectivity index (χ0) is 23.6. The summed E-state index contributed by atoms with van der Waals surface area (Å²) in [6.07, 6.45) is 0. The van der Waals surface area contributed by atoms with Gasteiger partial charge in [0.15, 0.2) is 11.3 Å². The number of hydrogen-bond donors (Lipinski definition) is 1. The number of nitrogens with zero attached hydrogens (tertiary/aromatic N) is 1. The highest BCUT2D eigenvalue weighted by Gasteiger charge is 2.21. The zero-order valence-corrected chi connectivity index (χ0v) is 18.3. The lowest BCUT2D eigenvalue weighted by atomic mass is 10.2. The summed E-state index contributed by atoms with van der Waals surface area (Å²) in [5, 5.41) is 9.20. The average Bonchev–Trinajstić information content (AvgIpc) is 2.80. The highest BCUT2D eigenvalue weighted by Crippen LogP contribution is 2.29. The molecule has 3 aromatic carbocycles. The molecule has 9 nitrogen and oxygen atoms in total. The fourth-order valence-electron chi connectivity index (χ4n) is 2.94. The molecule has 33 heavy (non-hydrogen) atoms. The van der Waals surface area contributed by atoms with E-state index in [2.05, 4.69) is 4.72 Å². The van der Waals surface area contributed by atoms with Crippen LogP contribution in [0.1, 0.15) is 5.56 Å². The Morgan fingerprint density at radius 1 is 0.848 bits per heavy atom. The van der Waals surface area contributed by atoms with Gasteiger partial charge in [0.2, 0.25) is 0 Å². The van der Waals surface area contributed by atoms with Gasteiger partial charge in [-0.1, -0.05) is 36.4 Å². The van der Waals surface area contributed by atoms with Gasteiger partial charge in [0, 0.05) is 5.39 Å². The minimum absolute atomic E-state index is 0.0895. The fraction of sp³-hybridized carbons (Fsp3) is 0. The van der Waals surface area contributed by atoms with Gasteiger partial charge in [-0.15, -0.1) is 0 Å². The number of sulfonamides is 1. The molecule has 0 aliphatic heterocycles. The van der Waals surface area contributed by atoms with Gasteiger partial charge in [-0.3, -0.25) is 4.72 Å².